The normalized spacial score (nSPS) is 13.4. The number of hydrogen-bond donors (Lipinski definition) is 2. The molecule has 10 nitrogen and oxygen atoms in total. The fourth-order valence-corrected chi connectivity index (χ4v) is 5.48. The van der Waals surface area contributed by atoms with Crippen LogP contribution in [0.1, 0.15) is 31.7 Å². The second kappa shape index (κ2) is 8.94. The highest BCUT2D eigenvalue weighted by molar-refractivity contribution is 14.1. The molecule has 3 N–H and O–H groups in total. The summed E-state index contributed by atoms with van der Waals surface area (Å²) in [5.74, 6) is 1.72. The van der Waals surface area contributed by atoms with Crippen LogP contribution in [0.2, 0.25) is 0 Å². The quantitative estimate of drug-likeness (QED) is 0.308. The van der Waals surface area contributed by atoms with Crippen molar-refractivity contribution in [3.8, 4) is 11.5 Å². The Morgan fingerprint density at radius 3 is 2.69 bits per heavy atom. The molecule has 2 aromatic heterocycles. The summed E-state index contributed by atoms with van der Waals surface area (Å²) in [5.41, 5.74) is 7.31. The lowest BCUT2D eigenvalue weighted by Crippen LogP contribution is -2.32. The Labute approximate surface area is 197 Å². The van der Waals surface area contributed by atoms with E-state index in [0.29, 0.717) is 23.7 Å². The number of anilines is 1. The number of rotatable bonds is 8. The summed E-state index contributed by atoms with van der Waals surface area (Å²) in [6.45, 7) is 3.95. The van der Waals surface area contributed by atoms with E-state index >= 15 is 0 Å². The smallest absolute Gasteiger partial charge is 0.312 e. The average molecular weight is 576 g/mol. The van der Waals surface area contributed by atoms with E-state index in [9.17, 15) is 12.8 Å². The van der Waals surface area contributed by atoms with Crippen molar-refractivity contribution in [1.29, 1.82) is 0 Å². The van der Waals surface area contributed by atoms with Gasteiger partial charge >= 0.3 is 6.08 Å². The minimum atomic E-state index is -3.44. The van der Waals surface area contributed by atoms with Gasteiger partial charge in [-0.05, 0) is 60.6 Å². The lowest BCUT2D eigenvalue weighted by molar-refractivity contribution is 0.174. The van der Waals surface area contributed by atoms with Crippen molar-refractivity contribution < 1.29 is 22.3 Å². The number of halogens is 2. The number of sulfonamides is 1. The number of imidazole rings is 1. The van der Waals surface area contributed by atoms with Crippen molar-refractivity contribution >= 4 is 49.6 Å². The monoisotopic (exact) mass is 576 g/mol. The molecule has 1 aromatic carbocycles. The molecule has 0 aliphatic carbocycles. The van der Waals surface area contributed by atoms with Gasteiger partial charge in [0.15, 0.2) is 28.5 Å². The molecule has 0 spiro atoms. The predicted molar refractivity (Wildman–Crippen MR) is 124 cm³/mol. The van der Waals surface area contributed by atoms with Gasteiger partial charge in [0.25, 0.3) is 0 Å². The summed E-state index contributed by atoms with van der Waals surface area (Å²) in [6.07, 6.45) is -0.303. The number of aromatic nitrogens is 4. The van der Waals surface area contributed by atoms with Crippen molar-refractivity contribution in [3.05, 3.63) is 33.2 Å². The molecule has 1 aliphatic heterocycles. The van der Waals surface area contributed by atoms with Gasteiger partial charge < -0.3 is 19.8 Å². The second-order valence-electron chi connectivity index (χ2n) is 7.65. The largest absolute Gasteiger partial charge is 0.454 e. The van der Waals surface area contributed by atoms with Crippen molar-refractivity contribution in [1.82, 2.24) is 24.2 Å². The van der Waals surface area contributed by atoms with E-state index < -0.39 is 16.1 Å². The van der Waals surface area contributed by atoms with Crippen LogP contribution < -0.4 is 19.9 Å². The Bertz CT molecular complexity index is 1280. The molecule has 0 saturated heterocycles. The van der Waals surface area contributed by atoms with E-state index in [1.807, 2.05) is 12.1 Å². The SMILES string of the molecule is CC(C)NS(=O)(=O)CCCn1c(Cc2cc3c(cc2I)OCO3)nc2c(N)nc(F)nc21. The van der Waals surface area contributed by atoms with Gasteiger partial charge in [0.05, 0.1) is 5.75 Å². The Morgan fingerprint density at radius 1 is 1.25 bits per heavy atom. The minimum absolute atomic E-state index is 0.0676. The van der Waals surface area contributed by atoms with Crippen LogP contribution in [0.25, 0.3) is 11.2 Å². The van der Waals surface area contributed by atoms with Crippen molar-refractivity contribution in [3.63, 3.8) is 0 Å². The lowest BCUT2D eigenvalue weighted by Gasteiger charge is -2.12. The molecule has 0 amide bonds. The Morgan fingerprint density at radius 2 is 1.97 bits per heavy atom. The van der Waals surface area contributed by atoms with Crippen molar-refractivity contribution in [2.24, 2.45) is 0 Å². The van der Waals surface area contributed by atoms with Gasteiger partial charge in [-0.2, -0.15) is 14.4 Å². The summed E-state index contributed by atoms with van der Waals surface area (Å²) in [7, 11) is -3.44. The average Bonchev–Trinajstić information content (AvgIpc) is 3.26. The number of aryl methyl sites for hydroxylation is 1. The Balaban J connectivity index is 1.67. The second-order valence-corrected chi connectivity index (χ2v) is 10.7. The van der Waals surface area contributed by atoms with Gasteiger partial charge in [-0.15, -0.1) is 0 Å². The molecule has 0 fully saturated rings. The molecular formula is C19H22FIN6O4S. The highest BCUT2D eigenvalue weighted by atomic mass is 127. The highest BCUT2D eigenvalue weighted by Crippen LogP contribution is 2.36. The first-order chi connectivity index (χ1) is 15.1. The standard InChI is InChI=1S/C19H22FIN6O4S/c1-10(2)26-32(28,29)5-3-4-27-15(23-16-17(22)24-19(20)25-18(16)27)7-11-6-13-14(8-12(11)21)31-9-30-13/h6,8,10,26H,3-5,7,9H2,1-2H3,(H2,22,24,25). The first-order valence-electron chi connectivity index (χ1n) is 9.89. The van der Waals surface area contributed by atoms with Crippen molar-refractivity contribution in [2.45, 2.75) is 39.3 Å². The molecule has 0 atom stereocenters. The molecule has 0 bridgehead atoms. The van der Waals surface area contributed by atoms with Crippen LogP contribution in [-0.4, -0.2) is 46.5 Å². The summed E-state index contributed by atoms with van der Waals surface area (Å²) < 4.78 is 54.4. The van der Waals surface area contributed by atoms with Gasteiger partial charge in [0, 0.05) is 22.6 Å². The fourth-order valence-electron chi connectivity index (χ4n) is 3.51. The van der Waals surface area contributed by atoms with Crippen LogP contribution in [0.15, 0.2) is 12.1 Å². The van der Waals surface area contributed by atoms with Gasteiger partial charge in [-0.1, -0.05) is 0 Å². The summed E-state index contributed by atoms with van der Waals surface area (Å²) >= 11 is 2.20. The van der Waals surface area contributed by atoms with Crippen LogP contribution in [0.4, 0.5) is 10.2 Å². The minimum Gasteiger partial charge on any atom is -0.454 e. The van der Waals surface area contributed by atoms with Crippen LogP contribution in [0.5, 0.6) is 11.5 Å². The summed E-state index contributed by atoms with van der Waals surface area (Å²) in [5, 5.41) is 0. The number of nitrogens with one attached hydrogen (secondary N) is 1. The molecule has 3 aromatic rings. The molecular weight excluding hydrogens is 554 g/mol. The van der Waals surface area contributed by atoms with E-state index in [4.69, 9.17) is 15.2 Å². The molecule has 3 heterocycles. The van der Waals surface area contributed by atoms with Crippen LogP contribution in [-0.2, 0) is 23.0 Å². The van der Waals surface area contributed by atoms with E-state index in [1.54, 1.807) is 18.4 Å². The third-order valence-electron chi connectivity index (χ3n) is 4.77. The Kier molecular flexibility index (Phi) is 6.40. The maximum absolute atomic E-state index is 13.9. The predicted octanol–water partition coefficient (Wildman–Crippen LogP) is 2.19. The molecule has 32 heavy (non-hydrogen) atoms. The molecule has 0 saturated carbocycles. The molecule has 0 unspecified atom stereocenters. The van der Waals surface area contributed by atoms with Gasteiger partial charge in [-0.25, -0.2) is 18.1 Å². The molecule has 172 valence electrons. The maximum atomic E-state index is 13.9. The highest BCUT2D eigenvalue weighted by Gasteiger charge is 2.21. The van der Waals surface area contributed by atoms with E-state index in [1.165, 1.54) is 0 Å². The molecule has 13 heteroatoms. The number of nitrogen functional groups attached to an aromatic ring is 1. The van der Waals surface area contributed by atoms with E-state index in [2.05, 4.69) is 42.3 Å². The van der Waals surface area contributed by atoms with Crippen LogP contribution in [0, 0.1) is 9.65 Å². The zero-order valence-corrected chi connectivity index (χ0v) is 20.4. The topological polar surface area (TPSA) is 134 Å². The maximum Gasteiger partial charge on any atom is 0.312 e. The van der Waals surface area contributed by atoms with Gasteiger partial charge in [0.2, 0.25) is 16.8 Å². The first-order valence-corrected chi connectivity index (χ1v) is 12.6. The van der Waals surface area contributed by atoms with E-state index in [0.717, 1.165) is 9.13 Å². The number of hydrogen-bond acceptors (Lipinski definition) is 8. The summed E-state index contributed by atoms with van der Waals surface area (Å²) in [4.78, 5) is 12.0. The number of ether oxygens (including phenoxy) is 2. The van der Waals surface area contributed by atoms with Gasteiger partial charge in [-0.3, -0.25) is 0 Å². The molecule has 0 radical (unpaired) electrons. The van der Waals surface area contributed by atoms with E-state index in [-0.39, 0.29) is 48.5 Å². The molecule has 4 rings (SSSR count). The number of fused-ring (bicyclic) bond motifs is 2. The zero-order chi connectivity index (χ0) is 23.0. The van der Waals surface area contributed by atoms with Crippen LogP contribution >= 0.6 is 22.6 Å². The third kappa shape index (κ3) is 4.88. The number of nitrogens with two attached hydrogens (primary N) is 1. The number of benzene rings is 1. The lowest BCUT2D eigenvalue weighted by atomic mass is 10.1. The van der Waals surface area contributed by atoms with Crippen molar-refractivity contribution in [2.75, 3.05) is 18.3 Å². The van der Waals surface area contributed by atoms with Crippen LogP contribution in [0.3, 0.4) is 0 Å². The Hall–Kier alpha value is -2.26. The number of nitrogens with zero attached hydrogens (tertiary/aromatic N) is 4. The molecule has 1 aliphatic rings. The summed E-state index contributed by atoms with van der Waals surface area (Å²) in [6, 6.07) is 3.56. The van der Waals surface area contributed by atoms with Gasteiger partial charge in [0.1, 0.15) is 5.82 Å². The fraction of sp³-hybridized carbons (Fsp3) is 0.421. The third-order valence-corrected chi connectivity index (χ3v) is 7.43. The first kappa shape index (κ1) is 22.9. The zero-order valence-electron chi connectivity index (χ0n) is 17.4.